The van der Waals surface area contributed by atoms with Gasteiger partial charge in [0.1, 0.15) is 0 Å². The van der Waals surface area contributed by atoms with Crippen LogP contribution in [-0.4, -0.2) is 6.04 Å². The average molecular weight is 210 g/mol. The first kappa shape index (κ1) is 11.4. The van der Waals surface area contributed by atoms with Crippen molar-refractivity contribution in [3.8, 4) is 0 Å². The Labute approximate surface area is 89.8 Å². The lowest BCUT2D eigenvalue weighted by molar-refractivity contribution is 0.491. The van der Waals surface area contributed by atoms with Crippen LogP contribution < -0.4 is 11.3 Å². The number of nitrogens with one attached hydrogen (secondary N) is 1. The SMILES string of the molecule is C=C(C)CCC(Cc1ccsc1)NN. The number of allylic oxidation sites excluding steroid dienone is 1. The zero-order chi connectivity index (χ0) is 10.4. The standard InChI is InChI=1S/C11H18N2S/c1-9(2)3-4-11(13-12)7-10-5-6-14-8-10/h5-6,8,11,13H,1,3-4,7,12H2,2H3. The molecule has 1 heterocycles. The van der Waals surface area contributed by atoms with Crippen LogP contribution >= 0.6 is 11.3 Å². The van der Waals surface area contributed by atoms with E-state index < -0.39 is 0 Å². The van der Waals surface area contributed by atoms with Gasteiger partial charge in [-0.1, -0.05) is 5.57 Å². The first-order valence-electron chi connectivity index (χ1n) is 4.84. The molecular formula is C11H18N2S. The number of hydrazine groups is 1. The van der Waals surface area contributed by atoms with Crippen LogP contribution in [0, 0.1) is 0 Å². The van der Waals surface area contributed by atoms with Gasteiger partial charge in [0.25, 0.3) is 0 Å². The van der Waals surface area contributed by atoms with E-state index in [4.69, 9.17) is 5.84 Å². The fraction of sp³-hybridized carbons (Fsp3) is 0.455. The minimum Gasteiger partial charge on any atom is -0.271 e. The van der Waals surface area contributed by atoms with Crippen LogP contribution in [0.3, 0.4) is 0 Å². The normalized spacial score (nSPS) is 12.7. The van der Waals surface area contributed by atoms with Gasteiger partial charge in [0.05, 0.1) is 0 Å². The molecule has 0 aliphatic carbocycles. The van der Waals surface area contributed by atoms with Crippen molar-refractivity contribution < 1.29 is 0 Å². The lowest BCUT2D eigenvalue weighted by Crippen LogP contribution is -2.36. The van der Waals surface area contributed by atoms with E-state index in [1.54, 1.807) is 11.3 Å². The molecule has 78 valence electrons. The summed E-state index contributed by atoms with van der Waals surface area (Å²) in [7, 11) is 0. The van der Waals surface area contributed by atoms with Crippen LogP contribution in [-0.2, 0) is 6.42 Å². The smallest absolute Gasteiger partial charge is 0.0254 e. The van der Waals surface area contributed by atoms with Gasteiger partial charge in [0.2, 0.25) is 0 Å². The number of nitrogens with two attached hydrogens (primary N) is 1. The van der Waals surface area contributed by atoms with E-state index in [2.05, 4.69) is 35.8 Å². The Kier molecular flexibility index (Phi) is 4.87. The summed E-state index contributed by atoms with van der Waals surface area (Å²) in [5, 5.41) is 4.27. The number of thiophene rings is 1. The Morgan fingerprint density at radius 1 is 1.71 bits per heavy atom. The fourth-order valence-electron chi connectivity index (χ4n) is 1.36. The van der Waals surface area contributed by atoms with Crippen molar-refractivity contribution in [1.82, 2.24) is 5.43 Å². The molecular weight excluding hydrogens is 192 g/mol. The van der Waals surface area contributed by atoms with Crippen LogP contribution in [0.1, 0.15) is 25.3 Å². The molecule has 0 aliphatic heterocycles. The highest BCUT2D eigenvalue weighted by Gasteiger charge is 2.07. The second-order valence-corrected chi connectivity index (χ2v) is 4.48. The molecule has 14 heavy (non-hydrogen) atoms. The Hall–Kier alpha value is -0.640. The predicted octanol–water partition coefficient (Wildman–Crippen LogP) is 2.48. The molecule has 0 amide bonds. The van der Waals surface area contributed by atoms with Crippen LogP contribution in [0.4, 0.5) is 0 Å². The molecule has 0 saturated heterocycles. The Morgan fingerprint density at radius 3 is 3.00 bits per heavy atom. The van der Waals surface area contributed by atoms with Crippen molar-refractivity contribution in [3.05, 3.63) is 34.5 Å². The molecule has 0 aromatic carbocycles. The molecule has 1 rings (SSSR count). The highest BCUT2D eigenvalue weighted by Crippen LogP contribution is 2.12. The summed E-state index contributed by atoms with van der Waals surface area (Å²) < 4.78 is 0. The monoisotopic (exact) mass is 210 g/mol. The van der Waals surface area contributed by atoms with Crippen molar-refractivity contribution in [2.45, 2.75) is 32.2 Å². The number of hydrogen-bond donors (Lipinski definition) is 2. The van der Waals surface area contributed by atoms with Crippen molar-refractivity contribution in [1.29, 1.82) is 0 Å². The van der Waals surface area contributed by atoms with E-state index in [0.29, 0.717) is 6.04 Å². The summed E-state index contributed by atoms with van der Waals surface area (Å²) in [5.74, 6) is 5.50. The zero-order valence-corrected chi connectivity index (χ0v) is 9.44. The van der Waals surface area contributed by atoms with Gasteiger partial charge in [0, 0.05) is 6.04 Å². The lowest BCUT2D eigenvalue weighted by Gasteiger charge is -2.14. The maximum Gasteiger partial charge on any atom is 0.0254 e. The van der Waals surface area contributed by atoms with Crippen molar-refractivity contribution in [3.63, 3.8) is 0 Å². The van der Waals surface area contributed by atoms with E-state index >= 15 is 0 Å². The molecule has 0 radical (unpaired) electrons. The minimum atomic E-state index is 0.362. The summed E-state index contributed by atoms with van der Waals surface area (Å²) in [5.41, 5.74) is 5.44. The molecule has 1 unspecified atom stereocenters. The first-order valence-corrected chi connectivity index (χ1v) is 5.78. The Bertz CT molecular complexity index is 267. The molecule has 0 saturated carbocycles. The van der Waals surface area contributed by atoms with E-state index in [9.17, 15) is 0 Å². The largest absolute Gasteiger partial charge is 0.271 e. The maximum absolute atomic E-state index is 5.50. The molecule has 1 atom stereocenters. The third-order valence-electron chi connectivity index (χ3n) is 2.22. The van der Waals surface area contributed by atoms with Gasteiger partial charge >= 0.3 is 0 Å². The number of hydrogen-bond acceptors (Lipinski definition) is 3. The van der Waals surface area contributed by atoms with Crippen molar-refractivity contribution in [2.75, 3.05) is 0 Å². The molecule has 3 N–H and O–H groups in total. The summed E-state index contributed by atoms with van der Waals surface area (Å²) in [6.07, 6.45) is 3.11. The minimum absolute atomic E-state index is 0.362. The second kappa shape index (κ2) is 5.96. The van der Waals surface area contributed by atoms with Crippen LogP contribution in [0.5, 0.6) is 0 Å². The molecule has 3 heteroatoms. The molecule has 0 fully saturated rings. The van der Waals surface area contributed by atoms with E-state index in [0.717, 1.165) is 19.3 Å². The molecule has 2 nitrogen and oxygen atoms in total. The maximum atomic E-state index is 5.50. The molecule has 0 spiro atoms. The van der Waals surface area contributed by atoms with E-state index in [-0.39, 0.29) is 0 Å². The van der Waals surface area contributed by atoms with E-state index in [1.807, 2.05) is 0 Å². The quantitative estimate of drug-likeness (QED) is 0.430. The Morgan fingerprint density at radius 2 is 2.50 bits per heavy atom. The Balaban J connectivity index is 2.35. The molecule has 1 aromatic rings. The highest BCUT2D eigenvalue weighted by atomic mass is 32.1. The van der Waals surface area contributed by atoms with Crippen molar-refractivity contribution >= 4 is 11.3 Å². The fourth-order valence-corrected chi connectivity index (χ4v) is 2.04. The highest BCUT2D eigenvalue weighted by molar-refractivity contribution is 7.07. The molecule has 1 aromatic heterocycles. The van der Waals surface area contributed by atoms with Crippen LogP contribution in [0.25, 0.3) is 0 Å². The van der Waals surface area contributed by atoms with Gasteiger partial charge in [0.15, 0.2) is 0 Å². The van der Waals surface area contributed by atoms with Gasteiger partial charge < -0.3 is 0 Å². The summed E-state index contributed by atoms with van der Waals surface area (Å²) in [6, 6.07) is 2.51. The van der Waals surface area contributed by atoms with Gasteiger partial charge in [-0.15, -0.1) is 6.58 Å². The van der Waals surface area contributed by atoms with Crippen molar-refractivity contribution in [2.24, 2.45) is 5.84 Å². The zero-order valence-electron chi connectivity index (χ0n) is 8.62. The summed E-state index contributed by atoms with van der Waals surface area (Å²) in [6.45, 7) is 5.95. The van der Waals surface area contributed by atoms with Crippen LogP contribution in [0.2, 0.25) is 0 Å². The van der Waals surface area contributed by atoms with Gasteiger partial charge in [-0.3, -0.25) is 11.3 Å². The first-order chi connectivity index (χ1) is 6.72. The average Bonchev–Trinajstić information content (AvgIpc) is 2.64. The third-order valence-corrected chi connectivity index (χ3v) is 2.95. The second-order valence-electron chi connectivity index (χ2n) is 3.70. The lowest BCUT2D eigenvalue weighted by atomic mass is 10.0. The molecule has 0 bridgehead atoms. The van der Waals surface area contributed by atoms with Gasteiger partial charge in [-0.25, -0.2) is 0 Å². The molecule has 0 aliphatic rings. The van der Waals surface area contributed by atoms with Gasteiger partial charge in [-0.2, -0.15) is 11.3 Å². The van der Waals surface area contributed by atoms with Gasteiger partial charge in [-0.05, 0) is 48.6 Å². The van der Waals surface area contributed by atoms with Crippen LogP contribution in [0.15, 0.2) is 29.0 Å². The topological polar surface area (TPSA) is 38.0 Å². The third kappa shape index (κ3) is 4.05. The summed E-state index contributed by atoms with van der Waals surface area (Å²) >= 11 is 1.73. The number of rotatable bonds is 6. The summed E-state index contributed by atoms with van der Waals surface area (Å²) in [4.78, 5) is 0. The van der Waals surface area contributed by atoms with E-state index in [1.165, 1.54) is 11.1 Å². The predicted molar refractivity (Wildman–Crippen MR) is 63.2 cm³/mol.